The Kier molecular flexibility index (Phi) is 5.29. The minimum atomic E-state index is -3.37. The third-order valence-corrected chi connectivity index (χ3v) is 5.15. The van der Waals surface area contributed by atoms with E-state index in [1.165, 1.54) is 7.05 Å². The predicted molar refractivity (Wildman–Crippen MR) is 98.2 cm³/mol. The number of hydrogen-bond acceptors (Lipinski definition) is 3. The van der Waals surface area contributed by atoms with Crippen molar-refractivity contribution in [3.05, 3.63) is 59.2 Å². The molecule has 0 radical (unpaired) electrons. The highest BCUT2D eigenvalue weighted by Crippen LogP contribution is 2.23. The number of para-hydroxylation sites is 1. The van der Waals surface area contributed by atoms with Crippen LogP contribution in [-0.4, -0.2) is 27.6 Å². The van der Waals surface area contributed by atoms with Crippen molar-refractivity contribution in [1.82, 2.24) is 0 Å². The van der Waals surface area contributed by atoms with Gasteiger partial charge in [0.15, 0.2) is 0 Å². The lowest BCUT2D eigenvalue weighted by Crippen LogP contribution is -2.25. The Balaban J connectivity index is 2.32. The van der Waals surface area contributed by atoms with Crippen LogP contribution in [0.2, 0.25) is 0 Å². The van der Waals surface area contributed by atoms with Gasteiger partial charge in [0.25, 0.3) is 5.91 Å². The molecule has 0 spiro atoms. The molecule has 0 unspecified atom stereocenters. The third kappa shape index (κ3) is 3.94. The number of nitrogens with zero attached hydrogens (tertiary/aromatic N) is 1. The molecule has 5 nitrogen and oxygen atoms in total. The Labute approximate surface area is 143 Å². The van der Waals surface area contributed by atoms with Gasteiger partial charge >= 0.3 is 0 Å². The lowest BCUT2D eigenvalue weighted by atomic mass is 10.1. The Morgan fingerprint density at radius 2 is 1.83 bits per heavy atom. The second-order valence-electron chi connectivity index (χ2n) is 5.70. The molecule has 0 atom stereocenters. The number of benzene rings is 2. The largest absolute Gasteiger partial charge is 0.321 e. The van der Waals surface area contributed by atoms with E-state index in [0.717, 1.165) is 33.8 Å². The first-order valence-electron chi connectivity index (χ1n) is 7.68. The first-order chi connectivity index (χ1) is 11.2. The molecule has 128 valence electrons. The van der Waals surface area contributed by atoms with Gasteiger partial charge in [-0.15, -0.1) is 0 Å². The maximum absolute atomic E-state index is 12.6. The number of anilines is 2. The van der Waals surface area contributed by atoms with Crippen molar-refractivity contribution in [2.75, 3.05) is 22.9 Å². The number of amides is 1. The van der Waals surface area contributed by atoms with E-state index in [9.17, 15) is 13.2 Å². The normalized spacial score (nSPS) is 11.2. The smallest absolute Gasteiger partial charge is 0.255 e. The summed E-state index contributed by atoms with van der Waals surface area (Å²) in [6, 6.07) is 12.5. The zero-order valence-electron chi connectivity index (χ0n) is 14.3. The van der Waals surface area contributed by atoms with Crippen molar-refractivity contribution in [2.24, 2.45) is 0 Å². The fraction of sp³-hybridized carbons (Fsp3) is 0.278. The van der Waals surface area contributed by atoms with Crippen molar-refractivity contribution >= 4 is 27.3 Å². The van der Waals surface area contributed by atoms with Crippen LogP contribution < -0.4 is 9.62 Å². The van der Waals surface area contributed by atoms with E-state index in [1.807, 2.05) is 32.0 Å². The molecule has 24 heavy (non-hydrogen) atoms. The minimum absolute atomic E-state index is 0.261. The topological polar surface area (TPSA) is 66.5 Å². The van der Waals surface area contributed by atoms with Crippen molar-refractivity contribution < 1.29 is 13.2 Å². The van der Waals surface area contributed by atoms with Crippen LogP contribution in [0.15, 0.2) is 42.5 Å². The maximum Gasteiger partial charge on any atom is 0.255 e. The Hall–Kier alpha value is -2.34. The number of nitrogens with one attached hydrogen (secondary N) is 1. The van der Waals surface area contributed by atoms with Crippen LogP contribution in [0.25, 0.3) is 0 Å². The fourth-order valence-corrected chi connectivity index (χ4v) is 2.92. The molecule has 0 aliphatic rings. The van der Waals surface area contributed by atoms with Gasteiger partial charge in [-0.2, -0.15) is 0 Å². The molecular weight excluding hydrogens is 324 g/mol. The number of sulfonamides is 1. The highest BCUT2D eigenvalue weighted by Gasteiger charge is 2.15. The number of hydrogen-bond donors (Lipinski definition) is 1. The average molecular weight is 346 g/mol. The Morgan fingerprint density at radius 1 is 1.17 bits per heavy atom. The van der Waals surface area contributed by atoms with Crippen LogP contribution in [-0.2, 0) is 16.4 Å². The zero-order chi connectivity index (χ0) is 17.9. The predicted octanol–water partition coefficient (Wildman–Crippen LogP) is 3.21. The number of aryl methyl sites for hydroxylation is 2. The number of rotatable bonds is 5. The molecule has 2 aromatic rings. The van der Waals surface area contributed by atoms with Crippen LogP contribution in [0.1, 0.15) is 28.4 Å². The SMILES string of the molecule is CCc1cccc(C)c1NC(=O)c1cccc(N(C)S(C)(=O)=O)c1. The van der Waals surface area contributed by atoms with Crippen LogP contribution in [0, 0.1) is 6.92 Å². The highest BCUT2D eigenvalue weighted by atomic mass is 32.2. The van der Waals surface area contributed by atoms with Gasteiger partial charge in [0.2, 0.25) is 10.0 Å². The molecule has 6 heteroatoms. The van der Waals surface area contributed by atoms with E-state index in [0.29, 0.717) is 11.3 Å². The molecule has 0 saturated heterocycles. The van der Waals surface area contributed by atoms with Gasteiger partial charge in [0.05, 0.1) is 11.9 Å². The third-order valence-electron chi connectivity index (χ3n) is 3.95. The van der Waals surface area contributed by atoms with E-state index < -0.39 is 10.0 Å². The van der Waals surface area contributed by atoms with Crippen molar-refractivity contribution in [3.8, 4) is 0 Å². The maximum atomic E-state index is 12.6. The van der Waals surface area contributed by atoms with Crippen LogP contribution in [0.3, 0.4) is 0 Å². The molecular formula is C18H22N2O3S. The summed E-state index contributed by atoms with van der Waals surface area (Å²) in [6.07, 6.45) is 1.94. The second-order valence-corrected chi connectivity index (χ2v) is 7.71. The monoisotopic (exact) mass is 346 g/mol. The average Bonchev–Trinajstić information content (AvgIpc) is 2.55. The summed E-state index contributed by atoms with van der Waals surface area (Å²) in [5, 5.41) is 2.94. The molecule has 1 amide bonds. The summed E-state index contributed by atoms with van der Waals surface area (Å²) in [7, 11) is -1.91. The van der Waals surface area contributed by atoms with Crippen LogP contribution >= 0.6 is 0 Å². The van der Waals surface area contributed by atoms with Crippen LogP contribution in [0.4, 0.5) is 11.4 Å². The molecule has 0 bridgehead atoms. The lowest BCUT2D eigenvalue weighted by Gasteiger charge is -2.18. The van der Waals surface area contributed by atoms with Crippen LogP contribution in [0.5, 0.6) is 0 Å². The first kappa shape index (κ1) is 18.0. The summed E-state index contributed by atoms with van der Waals surface area (Å²) in [4.78, 5) is 12.6. The molecule has 0 saturated carbocycles. The van der Waals surface area contributed by atoms with Gasteiger partial charge in [-0.25, -0.2) is 8.42 Å². The van der Waals surface area contributed by atoms with E-state index in [4.69, 9.17) is 0 Å². The Bertz CT molecular complexity index is 860. The van der Waals surface area contributed by atoms with Crippen molar-refractivity contribution in [1.29, 1.82) is 0 Å². The number of carbonyl (C=O) groups excluding carboxylic acids is 1. The van der Waals surface area contributed by atoms with E-state index in [-0.39, 0.29) is 5.91 Å². The molecule has 0 aromatic heterocycles. The van der Waals surface area contributed by atoms with Gasteiger partial charge in [0, 0.05) is 18.3 Å². The lowest BCUT2D eigenvalue weighted by molar-refractivity contribution is 0.102. The molecule has 0 heterocycles. The second kappa shape index (κ2) is 7.05. The van der Waals surface area contributed by atoms with Gasteiger partial charge < -0.3 is 5.32 Å². The van der Waals surface area contributed by atoms with Gasteiger partial charge in [-0.1, -0.05) is 31.2 Å². The molecule has 0 aliphatic heterocycles. The Morgan fingerprint density at radius 3 is 2.46 bits per heavy atom. The fourth-order valence-electron chi connectivity index (χ4n) is 2.42. The van der Waals surface area contributed by atoms with E-state index in [1.54, 1.807) is 24.3 Å². The van der Waals surface area contributed by atoms with E-state index >= 15 is 0 Å². The first-order valence-corrected chi connectivity index (χ1v) is 9.52. The zero-order valence-corrected chi connectivity index (χ0v) is 15.1. The molecule has 0 aliphatic carbocycles. The summed E-state index contributed by atoms with van der Waals surface area (Å²) < 4.78 is 24.5. The number of carbonyl (C=O) groups is 1. The summed E-state index contributed by atoms with van der Waals surface area (Å²) in [5.74, 6) is -0.261. The summed E-state index contributed by atoms with van der Waals surface area (Å²) >= 11 is 0. The van der Waals surface area contributed by atoms with Crippen molar-refractivity contribution in [3.63, 3.8) is 0 Å². The molecule has 0 fully saturated rings. The van der Waals surface area contributed by atoms with Gasteiger partial charge in [-0.3, -0.25) is 9.10 Å². The summed E-state index contributed by atoms with van der Waals surface area (Å²) in [6.45, 7) is 3.98. The highest BCUT2D eigenvalue weighted by molar-refractivity contribution is 7.92. The molecule has 1 N–H and O–H groups in total. The van der Waals surface area contributed by atoms with Gasteiger partial charge in [-0.05, 0) is 42.7 Å². The van der Waals surface area contributed by atoms with Crippen molar-refractivity contribution in [2.45, 2.75) is 20.3 Å². The van der Waals surface area contributed by atoms with Gasteiger partial charge in [0.1, 0.15) is 0 Å². The minimum Gasteiger partial charge on any atom is -0.321 e. The standard InChI is InChI=1S/C18H22N2O3S/c1-5-14-9-6-8-13(2)17(14)19-18(21)15-10-7-11-16(12-15)20(3)24(4,22)23/h6-12H,5H2,1-4H3,(H,19,21). The quantitative estimate of drug-likeness (QED) is 0.904. The molecule has 2 aromatic carbocycles. The summed E-state index contributed by atoms with van der Waals surface area (Å²) in [5.41, 5.74) is 3.73. The van der Waals surface area contributed by atoms with E-state index in [2.05, 4.69) is 5.32 Å². The molecule has 2 rings (SSSR count).